The van der Waals surface area contributed by atoms with Crippen molar-refractivity contribution in [2.75, 3.05) is 26.8 Å². The maximum Gasteiger partial charge on any atom is 0.226 e. The van der Waals surface area contributed by atoms with Crippen molar-refractivity contribution in [2.45, 2.75) is 39.4 Å². The van der Waals surface area contributed by atoms with Crippen molar-refractivity contribution in [1.29, 1.82) is 0 Å². The molecule has 0 unspecified atom stereocenters. The maximum absolute atomic E-state index is 12.0. The third kappa shape index (κ3) is 4.13. The summed E-state index contributed by atoms with van der Waals surface area (Å²) in [5, 5.41) is 7.27. The van der Waals surface area contributed by atoms with Gasteiger partial charge in [-0.25, -0.2) is 4.98 Å². The molecule has 1 aliphatic heterocycles. The molecule has 0 aliphatic carbocycles. The van der Waals surface area contributed by atoms with Gasteiger partial charge < -0.3 is 14.6 Å². The predicted molar refractivity (Wildman–Crippen MR) is 97.6 cm³/mol. The molecule has 1 amide bonds. The number of amides is 1. The van der Waals surface area contributed by atoms with Crippen molar-refractivity contribution in [2.24, 2.45) is 7.05 Å². The Morgan fingerprint density at radius 3 is 2.92 bits per heavy atom. The van der Waals surface area contributed by atoms with E-state index in [1.165, 1.54) is 5.69 Å². The summed E-state index contributed by atoms with van der Waals surface area (Å²) >= 11 is 0. The molecule has 3 heterocycles. The summed E-state index contributed by atoms with van der Waals surface area (Å²) in [4.78, 5) is 19.1. The van der Waals surface area contributed by atoms with Crippen LogP contribution in [0.3, 0.4) is 0 Å². The normalized spacial score (nSPS) is 17.3. The summed E-state index contributed by atoms with van der Waals surface area (Å²) in [6.45, 7) is 7.91. The Labute approximate surface area is 154 Å². The zero-order chi connectivity index (χ0) is 18.7. The largest absolute Gasteiger partial charge is 0.383 e. The molecule has 1 N–H and O–H groups in total. The molecule has 0 bridgehead atoms. The minimum absolute atomic E-state index is 0.0210. The van der Waals surface area contributed by atoms with Gasteiger partial charge in [0.15, 0.2) is 0 Å². The number of aromatic nitrogens is 4. The third-order valence-electron chi connectivity index (χ3n) is 4.84. The van der Waals surface area contributed by atoms with Gasteiger partial charge >= 0.3 is 0 Å². The monoisotopic (exact) mass is 360 g/mol. The molecule has 1 aliphatic rings. The fraction of sp³-hybridized carbons (Fsp3) is 0.611. The van der Waals surface area contributed by atoms with Gasteiger partial charge in [-0.15, -0.1) is 0 Å². The topological polar surface area (TPSA) is 77.2 Å². The van der Waals surface area contributed by atoms with Crippen molar-refractivity contribution >= 4 is 5.91 Å². The maximum atomic E-state index is 12.0. The van der Waals surface area contributed by atoms with Gasteiger partial charge in [-0.1, -0.05) is 0 Å². The number of aryl methyl sites for hydroxylation is 2. The minimum atomic E-state index is -0.0210. The zero-order valence-electron chi connectivity index (χ0n) is 16.0. The molecule has 2 aromatic rings. The number of carbonyl (C=O) groups is 1. The van der Waals surface area contributed by atoms with Crippen LogP contribution in [0.1, 0.15) is 35.9 Å². The fourth-order valence-corrected chi connectivity index (χ4v) is 3.43. The molecule has 2 aromatic heterocycles. The molecule has 8 nitrogen and oxygen atoms in total. The molecule has 0 saturated carbocycles. The lowest BCUT2D eigenvalue weighted by atomic mass is 10.2. The number of hydrogen-bond donors (Lipinski definition) is 1. The Morgan fingerprint density at radius 1 is 1.42 bits per heavy atom. The van der Waals surface area contributed by atoms with Gasteiger partial charge in [-0.2, -0.15) is 5.10 Å². The quantitative estimate of drug-likeness (QED) is 0.740. The number of nitrogens with one attached hydrogen (secondary N) is 1. The van der Waals surface area contributed by atoms with E-state index < -0.39 is 0 Å². The molecule has 0 spiro atoms. The minimum Gasteiger partial charge on any atom is -0.383 e. The van der Waals surface area contributed by atoms with Crippen molar-refractivity contribution in [3.05, 3.63) is 35.2 Å². The van der Waals surface area contributed by atoms with Crippen molar-refractivity contribution in [3.63, 3.8) is 0 Å². The van der Waals surface area contributed by atoms with Gasteiger partial charge in [0.25, 0.3) is 0 Å². The van der Waals surface area contributed by atoms with Crippen LogP contribution in [-0.4, -0.2) is 56.9 Å². The molecule has 26 heavy (non-hydrogen) atoms. The van der Waals surface area contributed by atoms with Crippen LogP contribution in [-0.2, 0) is 36.1 Å². The standard InChI is InChI=1S/C18H28N6O2/c1-13-9-16(22(3)21-13)12-23-6-7-24-11-15(20-18(24)14(23)2)10-17(25)19-5-8-26-4/h9,11,14H,5-8,10,12H2,1-4H3,(H,19,25)/t14-/m1/s1. The van der Waals surface area contributed by atoms with E-state index in [0.29, 0.717) is 19.6 Å². The molecule has 3 rings (SSSR count). The number of carbonyl (C=O) groups excluding carboxylic acids is 1. The second-order valence-corrected chi connectivity index (χ2v) is 6.85. The first kappa shape index (κ1) is 18.6. The highest BCUT2D eigenvalue weighted by Crippen LogP contribution is 2.26. The molecular formula is C18H28N6O2. The second-order valence-electron chi connectivity index (χ2n) is 6.85. The second kappa shape index (κ2) is 8.01. The molecular weight excluding hydrogens is 332 g/mol. The van der Waals surface area contributed by atoms with E-state index in [0.717, 1.165) is 36.8 Å². The van der Waals surface area contributed by atoms with Crippen molar-refractivity contribution < 1.29 is 9.53 Å². The molecule has 8 heteroatoms. The smallest absolute Gasteiger partial charge is 0.226 e. The van der Waals surface area contributed by atoms with Crippen LogP contribution in [0.2, 0.25) is 0 Å². The van der Waals surface area contributed by atoms with Crippen LogP contribution in [0.4, 0.5) is 0 Å². The predicted octanol–water partition coefficient (Wildman–Crippen LogP) is 0.807. The van der Waals surface area contributed by atoms with Gasteiger partial charge in [-0.3, -0.25) is 14.4 Å². The lowest BCUT2D eigenvalue weighted by Crippen LogP contribution is -2.36. The molecule has 142 valence electrons. The Bertz CT molecular complexity index is 766. The van der Waals surface area contributed by atoms with E-state index in [9.17, 15) is 4.79 Å². The van der Waals surface area contributed by atoms with Crippen LogP contribution in [0, 0.1) is 6.92 Å². The lowest BCUT2D eigenvalue weighted by molar-refractivity contribution is -0.120. The van der Waals surface area contributed by atoms with Crippen LogP contribution < -0.4 is 5.32 Å². The van der Waals surface area contributed by atoms with E-state index >= 15 is 0 Å². The van der Waals surface area contributed by atoms with Crippen molar-refractivity contribution in [3.8, 4) is 0 Å². The van der Waals surface area contributed by atoms with Crippen LogP contribution in [0.25, 0.3) is 0 Å². The zero-order valence-corrected chi connectivity index (χ0v) is 16.0. The average molecular weight is 360 g/mol. The number of ether oxygens (including phenoxy) is 1. The molecule has 0 radical (unpaired) electrons. The van der Waals surface area contributed by atoms with Crippen LogP contribution in [0.5, 0.6) is 0 Å². The molecule has 0 fully saturated rings. The Balaban J connectivity index is 1.64. The number of rotatable bonds is 7. The van der Waals surface area contributed by atoms with Crippen molar-refractivity contribution in [1.82, 2.24) is 29.5 Å². The molecule has 1 atom stereocenters. The summed E-state index contributed by atoms with van der Waals surface area (Å²) in [5.74, 6) is 1.00. The number of fused-ring (bicyclic) bond motifs is 1. The van der Waals surface area contributed by atoms with Gasteiger partial charge in [0, 0.05) is 46.5 Å². The van der Waals surface area contributed by atoms with E-state index in [1.807, 2.05) is 24.9 Å². The first-order valence-corrected chi connectivity index (χ1v) is 9.03. The van der Waals surface area contributed by atoms with Crippen LogP contribution in [0.15, 0.2) is 12.3 Å². The fourth-order valence-electron chi connectivity index (χ4n) is 3.43. The Morgan fingerprint density at radius 2 is 2.23 bits per heavy atom. The third-order valence-corrected chi connectivity index (χ3v) is 4.84. The highest BCUT2D eigenvalue weighted by atomic mass is 16.5. The summed E-state index contributed by atoms with van der Waals surface area (Å²) < 4.78 is 9.06. The number of methoxy groups -OCH3 is 1. The summed E-state index contributed by atoms with van der Waals surface area (Å²) in [6, 6.07) is 2.33. The Hall–Kier alpha value is -2.19. The SMILES string of the molecule is COCCNC(=O)Cc1cn2c(n1)[C@@H](C)N(Cc1cc(C)nn1C)CC2. The van der Waals surface area contributed by atoms with E-state index in [1.54, 1.807) is 7.11 Å². The van der Waals surface area contributed by atoms with Gasteiger partial charge in [0.2, 0.25) is 5.91 Å². The first-order chi connectivity index (χ1) is 12.5. The first-order valence-electron chi connectivity index (χ1n) is 9.03. The highest BCUT2D eigenvalue weighted by Gasteiger charge is 2.27. The van der Waals surface area contributed by atoms with Gasteiger partial charge in [-0.05, 0) is 19.9 Å². The number of imidazole rings is 1. The lowest BCUT2D eigenvalue weighted by Gasteiger charge is -2.33. The molecule has 0 saturated heterocycles. The van der Waals surface area contributed by atoms with Gasteiger partial charge in [0.1, 0.15) is 5.82 Å². The van der Waals surface area contributed by atoms with Gasteiger partial charge in [0.05, 0.1) is 36.2 Å². The number of nitrogens with zero attached hydrogens (tertiary/aromatic N) is 5. The van der Waals surface area contributed by atoms with E-state index in [-0.39, 0.29) is 11.9 Å². The summed E-state index contributed by atoms with van der Waals surface area (Å²) in [7, 11) is 3.60. The number of hydrogen-bond acceptors (Lipinski definition) is 5. The highest BCUT2D eigenvalue weighted by molar-refractivity contribution is 5.78. The van der Waals surface area contributed by atoms with Crippen LogP contribution >= 0.6 is 0 Å². The summed E-state index contributed by atoms with van der Waals surface area (Å²) in [5.41, 5.74) is 3.06. The Kier molecular flexibility index (Phi) is 5.73. The summed E-state index contributed by atoms with van der Waals surface area (Å²) in [6.07, 6.45) is 2.31. The molecule has 0 aromatic carbocycles. The average Bonchev–Trinajstić information content (AvgIpc) is 3.13. The van der Waals surface area contributed by atoms with E-state index in [4.69, 9.17) is 9.72 Å². The van der Waals surface area contributed by atoms with E-state index in [2.05, 4.69) is 32.9 Å².